The molecule has 0 saturated heterocycles. The summed E-state index contributed by atoms with van der Waals surface area (Å²) in [4.78, 5) is 17.3. The van der Waals surface area contributed by atoms with Gasteiger partial charge in [-0.15, -0.1) is 12.4 Å². The lowest BCUT2D eigenvalue weighted by Gasteiger charge is -2.16. The summed E-state index contributed by atoms with van der Waals surface area (Å²) in [5.74, 6) is -0.564. The molecule has 188 valence electrons. The molecule has 4 rings (SSSR count). The van der Waals surface area contributed by atoms with Crippen molar-refractivity contribution >= 4 is 29.2 Å². The van der Waals surface area contributed by atoms with Crippen LogP contribution >= 0.6 is 12.4 Å². The van der Waals surface area contributed by atoms with Gasteiger partial charge in [0.2, 0.25) is 11.9 Å². The summed E-state index contributed by atoms with van der Waals surface area (Å²) in [6.45, 7) is 0.167. The minimum absolute atomic E-state index is 0. The number of hydrogen-bond donors (Lipinski definition) is 3. The molecule has 9 nitrogen and oxygen atoms in total. The van der Waals surface area contributed by atoms with Crippen molar-refractivity contribution in [3.8, 4) is 33.9 Å². The lowest BCUT2D eigenvalue weighted by molar-refractivity contribution is -0.604. The highest BCUT2D eigenvalue weighted by Crippen LogP contribution is 2.38. The van der Waals surface area contributed by atoms with Gasteiger partial charge < -0.3 is 19.8 Å². The monoisotopic (exact) mass is 511 g/mol. The molecule has 0 aliphatic carbocycles. The second kappa shape index (κ2) is 11.7. The lowest BCUT2D eigenvalue weighted by atomic mass is 9.98. The van der Waals surface area contributed by atoms with E-state index in [1.54, 1.807) is 5.48 Å². The number of amides is 1. The van der Waals surface area contributed by atoms with E-state index < -0.39 is 5.91 Å². The zero-order valence-electron chi connectivity index (χ0n) is 19.7. The van der Waals surface area contributed by atoms with Crippen LogP contribution in [0.5, 0.6) is 11.5 Å². The number of pyridine rings is 2. The number of hydrogen-bond acceptors (Lipinski definition) is 7. The molecular weight excluding hydrogens is 486 g/mol. The molecule has 0 spiro atoms. The first-order chi connectivity index (χ1) is 17.0. The van der Waals surface area contributed by atoms with Gasteiger partial charge >= 0.3 is 0 Å². The van der Waals surface area contributed by atoms with Gasteiger partial charge in [0.25, 0.3) is 5.91 Å². The zero-order chi connectivity index (χ0) is 24.9. The lowest BCUT2D eigenvalue weighted by Crippen LogP contribution is -2.27. The number of carbonyl (C=O) groups excluding carboxylic acids is 1. The largest absolute Gasteiger partial charge is 0.619 e. The molecule has 1 amide bonds. The Morgan fingerprint density at radius 1 is 1.00 bits per heavy atom. The van der Waals surface area contributed by atoms with E-state index in [1.165, 1.54) is 26.6 Å². The van der Waals surface area contributed by atoms with Gasteiger partial charge in [-0.3, -0.25) is 10.0 Å². The first-order valence-corrected chi connectivity index (χ1v) is 10.9. The molecule has 0 fully saturated rings. The second-order valence-electron chi connectivity index (χ2n) is 7.86. The van der Waals surface area contributed by atoms with E-state index in [0.717, 1.165) is 29.5 Å². The Hall–Kier alpha value is -3.92. The van der Waals surface area contributed by atoms with Gasteiger partial charge in [-0.1, -0.05) is 48.5 Å². The summed E-state index contributed by atoms with van der Waals surface area (Å²) in [6.07, 6.45) is 3.93. The molecule has 10 heteroatoms. The van der Waals surface area contributed by atoms with Crippen molar-refractivity contribution in [2.24, 2.45) is 0 Å². The molecule has 0 aliphatic rings. The summed E-state index contributed by atoms with van der Waals surface area (Å²) in [7, 11) is 2.79. The fourth-order valence-electron chi connectivity index (χ4n) is 4.03. The SMILES string of the molecule is COc1c(-c2ccc(-c3ccc(CCCO)cc3)cc2)nc2c(OC)c[n+]([O-])cc2c1C(=O)NO.Cl. The molecule has 4 aromatic rings. The van der Waals surface area contributed by atoms with Crippen molar-refractivity contribution in [3.63, 3.8) is 0 Å². The van der Waals surface area contributed by atoms with Crippen LogP contribution in [0.15, 0.2) is 60.9 Å². The smallest absolute Gasteiger partial charge is 0.279 e. The van der Waals surface area contributed by atoms with E-state index in [1.807, 2.05) is 48.5 Å². The number of ether oxygens (including phenoxy) is 2. The summed E-state index contributed by atoms with van der Waals surface area (Å²) < 4.78 is 11.4. The van der Waals surface area contributed by atoms with E-state index in [4.69, 9.17) is 14.6 Å². The number of fused-ring (bicyclic) bond motifs is 1. The Bertz CT molecular complexity index is 1360. The third kappa shape index (κ3) is 5.18. The van der Waals surface area contributed by atoms with Crippen LogP contribution in [0.1, 0.15) is 22.3 Å². The standard InChI is InChI=1S/C26H25N3O6.ClH/c1-34-21-15-29(33)14-20-22(26(31)28-32)25(35-2)23(27-24(20)21)19-11-9-18(10-12-19)17-7-5-16(6-8-17)4-3-13-30;/h5-12,14-15,30,32H,3-4,13H2,1-2H3,(H,28,31);1H. The third-order valence-corrected chi connectivity index (χ3v) is 5.75. The van der Waals surface area contributed by atoms with Gasteiger partial charge in [0.1, 0.15) is 16.8 Å². The summed E-state index contributed by atoms with van der Waals surface area (Å²) in [6, 6.07) is 15.7. The highest BCUT2D eigenvalue weighted by atomic mass is 35.5. The number of aliphatic hydroxyl groups excluding tert-OH is 1. The van der Waals surface area contributed by atoms with Crippen molar-refractivity contribution in [2.45, 2.75) is 12.8 Å². The van der Waals surface area contributed by atoms with Crippen molar-refractivity contribution in [1.29, 1.82) is 0 Å². The topological polar surface area (TPSA) is 128 Å². The quantitative estimate of drug-likeness (QED) is 0.142. The van der Waals surface area contributed by atoms with Crippen LogP contribution in [-0.2, 0) is 6.42 Å². The molecule has 0 saturated carbocycles. The Labute approximate surface area is 213 Å². The molecule has 2 aromatic heterocycles. The van der Waals surface area contributed by atoms with Crippen LogP contribution in [0.3, 0.4) is 0 Å². The number of nitrogens with zero attached hydrogens (tertiary/aromatic N) is 2. The third-order valence-electron chi connectivity index (χ3n) is 5.75. The predicted molar refractivity (Wildman–Crippen MR) is 137 cm³/mol. The van der Waals surface area contributed by atoms with E-state index >= 15 is 0 Å². The number of nitrogens with one attached hydrogen (secondary N) is 1. The first-order valence-electron chi connectivity index (χ1n) is 10.9. The molecule has 0 unspecified atom stereocenters. The maximum atomic E-state index is 12.6. The van der Waals surface area contributed by atoms with Gasteiger partial charge in [0, 0.05) is 12.2 Å². The van der Waals surface area contributed by atoms with Crippen molar-refractivity contribution < 1.29 is 29.3 Å². The summed E-state index contributed by atoms with van der Waals surface area (Å²) in [5, 5.41) is 30.6. The first kappa shape index (κ1) is 26.7. The van der Waals surface area contributed by atoms with Crippen LogP contribution in [0, 0.1) is 5.21 Å². The van der Waals surface area contributed by atoms with Gasteiger partial charge in [-0.2, -0.15) is 4.73 Å². The van der Waals surface area contributed by atoms with E-state index in [2.05, 4.69) is 4.98 Å². The Balaban J connectivity index is 0.00000361. The summed E-state index contributed by atoms with van der Waals surface area (Å²) in [5.41, 5.74) is 6.05. The normalized spacial score (nSPS) is 10.6. The van der Waals surface area contributed by atoms with Crippen molar-refractivity contribution in [1.82, 2.24) is 10.5 Å². The van der Waals surface area contributed by atoms with E-state index in [0.29, 0.717) is 16.0 Å². The van der Waals surface area contributed by atoms with E-state index in [-0.39, 0.29) is 47.0 Å². The number of aryl methyl sites for hydroxylation is 1. The second-order valence-corrected chi connectivity index (χ2v) is 7.86. The maximum absolute atomic E-state index is 12.6. The highest BCUT2D eigenvalue weighted by Gasteiger charge is 2.26. The van der Waals surface area contributed by atoms with Gasteiger partial charge in [-0.05, 0) is 29.5 Å². The molecule has 2 heterocycles. The van der Waals surface area contributed by atoms with E-state index in [9.17, 15) is 15.2 Å². The number of halogens is 1. The number of rotatable bonds is 8. The molecule has 3 N–H and O–H groups in total. The van der Waals surface area contributed by atoms with Gasteiger partial charge in [0.15, 0.2) is 11.9 Å². The number of aromatic nitrogens is 2. The Morgan fingerprint density at radius 3 is 2.17 bits per heavy atom. The van der Waals surface area contributed by atoms with Crippen LogP contribution in [-0.4, -0.2) is 42.0 Å². The van der Waals surface area contributed by atoms with Gasteiger partial charge in [-0.25, -0.2) is 10.5 Å². The number of hydroxylamine groups is 1. The van der Waals surface area contributed by atoms with Crippen LogP contribution in [0.2, 0.25) is 0 Å². The van der Waals surface area contributed by atoms with Crippen molar-refractivity contribution in [2.75, 3.05) is 20.8 Å². The molecule has 36 heavy (non-hydrogen) atoms. The number of benzene rings is 2. The fraction of sp³-hybridized carbons (Fsp3) is 0.192. The van der Waals surface area contributed by atoms with Crippen LogP contribution in [0.4, 0.5) is 0 Å². The number of carbonyl (C=O) groups is 1. The fourth-order valence-corrected chi connectivity index (χ4v) is 4.03. The molecule has 0 radical (unpaired) electrons. The zero-order valence-corrected chi connectivity index (χ0v) is 20.5. The average molecular weight is 512 g/mol. The Morgan fingerprint density at radius 2 is 1.61 bits per heavy atom. The summed E-state index contributed by atoms with van der Waals surface area (Å²) >= 11 is 0. The Kier molecular flexibility index (Phi) is 8.65. The number of aliphatic hydroxyl groups is 1. The minimum Gasteiger partial charge on any atom is -0.619 e. The highest BCUT2D eigenvalue weighted by molar-refractivity contribution is 6.10. The molecule has 0 bridgehead atoms. The molecule has 0 atom stereocenters. The van der Waals surface area contributed by atoms with Crippen LogP contribution < -0.4 is 19.7 Å². The molecular formula is C26H26ClN3O6. The molecule has 2 aromatic carbocycles. The molecule has 0 aliphatic heterocycles. The minimum atomic E-state index is -0.846. The van der Waals surface area contributed by atoms with Crippen LogP contribution in [0.25, 0.3) is 33.3 Å². The average Bonchev–Trinajstić information content (AvgIpc) is 2.90. The van der Waals surface area contributed by atoms with Crippen molar-refractivity contribution in [3.05, 3.63) is 77.3 Å². The maximum Gasteiger partial charge on any atom is 0.279 e. The predicted octanol–water partition coefficient (Wildman–Crippen LogP) is 3.69. The van der Waals surface area contributed by atoms with Gasteiger partial charge in [0.05, 0.1) is 19.6 Å². The number of methoxy groups -OCH3 is 2.